The quantitative estimate of drug-likeness (QED) is 0.630. The molecule has 3 rings (SSSR count). The minimum Gasteiger partial charge on any atom is -0.356 e. The van der Waals surface area contributed by atoms with Crippen molar-refractivity contribution >= 4 is 27.5 Å². The molecular weight excluding hydrogens is 328 g/mol. The van der Waals surface area contributed by atoms with Crippen molar-refractivity contribution in [1.29, 1.82) is 0 Å². The number of pyridine rings is 1. The Labute approximate surface area is 123 Å². The fourth-order valence-corrected chi connectivity index (χ4v) is 2.28. The molecule has 94 valence electrons. The molecule has 2 aromatic heterocycles. The van der Waals surface area contributed by atoms with Crippen molar-refractivity contribution in [1.82, 2.24) is 10.1 Å². The topological polar surface area (TPSA) is 38.9 Å². The third kappa shape index (κ3) is 2.55. The fraction of sp³-hybridized carbons (Fsp3) is 0. The monoisotopic (exact) mass is 334 g/mol. The van der Waals surface area contributed by atoms with Crippen molar-refractivity contribution in [2.75, 3.05) is 0 Å². The van der Waals surface area contributed by atoms with Crippen LogP contribution < -0.4 is 0 Å². The van der Waals surface area contributed by atoms with Crippen LogP contribution in [-0.4, -0.2) is 10.1 Å². The van der Waals surface area contributed by atoms with Crippen molar-refractivity contribution in [3.05, 3.63) is 58.3 Å². The maximum absolute atomic E-state index is 6.12. The second-order valence-electron chi connectivity index (χ2n) is 3.93. The molecule has 0 aliphatic heterocycles. The maximum atomic E-state index is 6.12. The summed E-state index contributed by atoms with van der Waals surface area (Å²) in [4.78, 5) is 4.06. The summed E-state index contributed by atoms with van der Waals surface area (Å²) in [6, 6.07) is 13.5. The number of rotatable bonds is 2. The van der Waals surface area contributed by atoms with Crippen molar-refractivity contribution < 1.29 is 4.52 Å². The van der Waals surface area contributed by atoms with E-state index >= 15 is 0 Å². The van der Waals surface area contributed by atoms with Crippen molar-refractivity contribution in [2.45, 2.75) is 0 Å². The summed E-state index contributed by atoms with van der Waals surface area (Å²) in [7, 11) is 0. The van der Waals surface area contributed by atoms with Crippen molar-refractivity contribution in [2.24, 2.45) is 0 Å². The standard InChI is InChI=1S/C14H8BrClN2O/c15-14-6-10(11(16)8-17-14)12-7-13(19-18-12)9-4-2-1-3-5-9/h1-8H. The van der Waals surface area contributed by atoms with E-state index in [1.807, 2.05) is 42.5 Å². The Hall–Kier alpha value is -1.65. The number of hydrogen-bond donors (Lipinski definition) is 0. The summed E-state index contributed by atoms with van der Waals surface area (Å²) in [6.07, 6.45) is 1.58. The van der Waals surface area contributed by atoms with E-state index < -0.39 is 0 Å². The molecule has 0 fully saturated rings. The normalized spacial score (nSPS) is 10.6. The van der Waals surface area contributed by atoms with Gasteiger partial charge in [-0.05, 0) is 22.0 Å². The molecule has 3 aromatic rings. The predicted molar refractivity (Wildman–Crippen MR) is 77.9 cm³/mol. The van der Waals surface area contributed by atoms with E-state index in [9.17, 15) is 0 Å². The zero-order valence-corrected chi connectivity index (χ0v) is 12.0. The molecule has 0 radical (unpaired) electrons. The number of nitrogens with zero attached hydrogens (tertiary/aromatic N) is 2. The van der Waals surface area contributed by atoms with Crippen LogP contribution in [0, 0.1) is 0 Å². The molecule has 0 aliphatic rings. The Morgan fingerprint density at radius 1 is 1.11 bits per heavy atom. The molecule has 0 saturated heterocycles. The summed E-state index contributed by atoms with van der Waals surface area (Å²) in [5.41, 5.74) is 2.45. The van der Waals surface area contributed by atoms with Crippen LogP contribution in [0.2, 0.25) is 5.02 Å². The highest BCUT2D eigenvalue weighted by Crippen LogP contribution is 2.31. The van der Waals surface area contributed by atoms with Crippen LogP contribution in [0.25, 0.3) is 22.6 Å². The first-order valence-corrected chi connectivity index (χ1v) is 6.75. The van der Waals surface area contributed by atoms with Gasteiger partial charge in [0.25, 0.3) is 0 Å². The molecule has 19 heavy (non-hydrogen) atoms. The summed E-state index contributed by atoms with van der Waals surface area (Å²) in [6.45, 7) is 0. The Balaban J connectivity index is 2.04. The average molecular weight is 336 g/mol. The molecule has 0 unspecified atom stereocenters. The van der Waals surface area contributed by atoms with E-state index in [-0.39, 0.29) is 0 Å². The number of halogens is 2. The van der Waals surface area contributed by atoms with Crippen LogP contribution in [-0.2, 0) is 0 Å². The van der Waals surface area contributed by atoms with Gasteiger partial charge in [-0.25, -0.2) is 4.98 Å². The van der Waals surface area contributed by atoms with Crippen LogP contribution >= 0.6 is 27.5 Å². The Morgan fingerprint density at radius 3 is 2.68 bits per heavy atom. The van der Waals surface area contributed by atoms with Crippen LogP contribution in [0.5, 0.6) is 0 Å². The highest BCUT2D eigenvalue weighted by molar-refractivity contribution is 9.10. The van der Waals surface area contributed by atoms with Crippen LogP contribution in [0.15, 0.2) is 57.8 Å². The van der Waals surface area contributed by atoms with Gasteiger partial charge in [0.2, 0.25) is 0 Å². The SMILES string of the molecule is Clc1cnc(Br)cc1-c1cc(-c2ccccc2)on1. The zero-order valence-electron chi connectivity index (χ0n) is 9.68. The Kier molecular flexibility index (Phi) is 3.36. The molecule has 0 amide bonds. The Morgan fingerprint density at radius 2 is 1.89 bits per heavy atom. The number of benzene rings is 1. The van der Waals surface area contributed by atoms with E-state index in [0.29, 0.717) is 21.1 Å². The molecule has 0 N–H and O–H groups in total. The molecule has 0 bridgehead atoms. The molecule has 3 nitrogen and oxygen atoms in total. The van der Waals surface area contributed by atoms with E-state index in [1.165, 1.54) is 0 Å². The van der Waals surface area contributed by atoms with Crippen molar-refractivity contribution in [3.8, 4) is 22.6 Å². The average Bonchev–Trinajstić information content (AvgIpc) is 2.92. The molecule has 0 saturated carbocycles. The van der Waals surface area contributed by atoms with Gasteiger partial charge in [0, 0.05) is 23.4 Å². The lowest BCUT2D eigenvalue weighted by molar-refractivity contribution is 0.435. The van der Waals surface area contributed by atoms with Crippen LogP contribution in [0.4, 0.5) is 0 Å². The fourth-order valence-electron chi connectivity index (χ4n) is 1.75. The van der Waals surface area contributed by atoms with E-state index in [1.54, 1.807) is 6.20 Å². The van der Waals surface area contributed by atoms with Gasteiger partial charge in [-0.1, -0.05) is 47.1 Å². The number of aromatic nitrogens is 2. The largest absolute Gasteiger partial charge is 0.356 e. The lowest BCUT2D eigenvalue weighted by Gasteiger charge is -1.99. The minimum atomic E-state index is 0.538. The van der Waals surface area contributed by atoms with Gasteiger partial charge in [0.1, 0.15) is 10.3 Å². The molecule has 0 atom stereocenters. The minimum absolute atomic E-state index is 0.538. The molecule has 0 spiro atoms. The van der Waals surface area contributed by atoms with Gasteiger partial charge in [-0.2, -0.15) is 0 Å². The second-order valence-corrected chi connectivity index (χ2v) is 5.15. The van der Waals surface area contributed by atoms with Gasteiger partial charge in [0.15, 0.2) is 5.76 Å². The third-order valence-electron chi connectivity index (χ3n) is 2.67. The van der Waals surface area contributed by atoms with E-state index in [0.717, 1.165) is 11.1 Å². The third-order valence-corrected chi connectivity index (χ3v) is 3.40. The highest BCUT2D eigenvalue weighted by Gasteiger charge is 2.12. The summed E-state index contributed by atoms with van der Waals surface area (Å²) in [5, 5.41) is 4.59. The maximum Gasteiger partial charge on any atom is 0.167 e. The van der Waals surface area contributed by atoms with Crippen LogP contribution in [0.3, 0.4) is 0 Å². The summed E-state index contributed by atoms with van der Waals surface area (Å²) < 4.78 is 6.06. The lowest BCUT2D eigenvalue weighted by Crippen LogP contribution is -1.82. The molecule has 2 heterocycles. The molecular formula is C14H8BrClN2O. The Bertz CT molecular complexity index is 712. The van der Waals surface area contributed by atoms with Gasteiger partial charge < -0.3 is 4.52 Å². The first kappa shape index (κ1) is 12.4. The smallest absolute Gasteiger partial charge is 0.167 e. The summed E-state index contributed by atoms with van der Waals surface area (Å²) in [5.74, 6) is 0.708. The molecule has 1 aromatic carbocycles. The van der Waals surface area contributed by atoms with Gasteiger partial charge in [-0.3, -0.25) is 0 Å². The summed E-state index contributed by atoms with van der Waals surface area (Å²) >= 11 is 9.44. The first-order chi connectivity index (χ1) is 9.24. The number of hydrogen-bond acceptors (Lipinski definition) is 3. The zero-order chi connectivity index (χ0) is 13.2. The van der Waals surface area contributed by atoms with Gasteiger partial charge in [0.05, 0.1) is 5.02 Å². The molecule has 5 heteroatoms. The van der Waals surface area contributed by atoms with Crippen LogP contribution in [0.1, 0.15) is 0 Å². The lowest BCUT2D eigenvalue weighted by atomic mass is 10.1. The van der Waals surface area contributed by atoms with Gasteiger partial charge in [-0.15, -0.1) is 0 Å². The second kappa shape index (κ2) is 5.15. The predicted octanol–water partition coefficient (Wildman–Crippen LogP) is 4.82. The molecule has 0 aliphatic carbocycles. The first-order valence-electron chi connectivity index (χ1n) is 5.57. The van der Waals surface area contributed by atoms with E-state index in [4.69, 9.17) is 16.1 Å². The van der Waals surface area contributed by atoms with Crippen molar-refractivity contribution in [3.63, 3.8) is 0 Å². The highest BCUT2D eigenvalue weighted by atomic mass is 79.9. The van der Waals surface area contributed by atoms with E-state index in [2.05, 4.69) is 26.1 Å². The van der Waals surface area contributed by atoms with Gasteiger partial charge >= 0.3 is 0 Å².